The first-order valence-electron chi connectivity index (χ1n) is 5.66. The predicted octanol–water partition coefficient (Wildman–Crippen LogP) is 2.08. The van der Waals surface area contributed by atoms with Gasteiger partial charge in [-0.05, 0) is 39.7 Å². The van der Waals surface area contributed by atoms with Crippen molar-refractivity contribution in [2.45, 2.75) is 6.54 Å². The average Bonchev–Trinajstić information content (AvgIpc) is 2.87. The van der Waals surface area contributed by atoms with E-state index in [1.54, 1.807) is 12.4 Å². The van der Waals surface area contributed by atoms with Crippen LogP contribution in [-0.4, -0.2) is 19.6 Å². The van der Waals surface area contributed by atoms with E-state index in [-0.39, 0.29) is 0 Å². The van der Waals surface area contributed by atoms with Gasteiger partial charge in [-0.15, -0.1) is 0 Å². The highest BCUT2D eigenvalue weighted by Crippen LogP contribution is 2.17. The molecule has 96 valence electrons. The lowest BCUT2D eigenvalue weighted by Crippen LogP contribution is -2.06. The standard InChI is InChI=1S/C12H11BrN6/c13-10-7-15-11(14)12(18-10)16-6-8-2-4-19-9(5-8)1-3-17-19/h1-5,7H,6H2,(H2,14,15)(H,16,18). The van der Waals surface area contributed by atoms with Crippen molar-refractivity contribution in [3.05, 3.63) is 47.0 Å². The molecular weight excluding hydrogens is 308 g/mol. The van der Waals surface area contributed by atoms with E-state index in [1.807, 2.05) is 22.8 Å². The number of fused-ring (bicyclic) bond motifs is 1. The molecule has 0 aliphatic carbocycles. The Morgan fingerprint density at radius 1 is 1.37 bits per heavy atom. The molecule has 0 saturated heterocycles. The number of anilines is 2. The summed E-state index contributed by atoms with van der Waals surface area (Å²) < 4.78 is 2.46. The van der Waals surface area contributed by atoms with Crippen molar-refractivity contribution in [3.8, 4) is 0 Å². The number of nitrogens with zero attached hydrogens (tertiary/aromatic N) is 4. The van der Waals surface area contributed by atoms with Crippen molar-refractivity contribution in [2.75, 3.05) is 11.1 Å². The Labute approximate surface area is 117 Å². The molecule has 3 rings (SSSR count). The van der Waals surface area contributed by atoms with Gasteiger partial charge in [0.1, 0.15) is 4.60 Å². The number of nitrogens with two attached hydrogens (primary N) is 1. The summed E-state index contributed by atoms with van der Waals surface area (Å²) in [6.45, 7) is 0.622. The van der Waals surface area contributed by atoms with Gasteiger partial charge < -0.3 is 11.1 Å². The molecular formula is C12H11BrN6. The summed E-state index contributed by atoms with van der Waals surface area (Å²) in [6.07, 6.45) is 5.26. The van der Waals surface area contributed by atoms with Gasteiger partial charge in [-0.1, -0.05) is 0 Å². The van der Waals surface area contributed by atoms with E-state index < -0.39 is 0 Å². The van der Waals surface area contributed by atoms with Crippen LogP contribution in [-0.2, 0) is 6.54 Å². The van der Waals surface area contributed by atoms with Crippen molar-refractivity contribution in [2.24, 2.45) is 0 Å². The van der Waals surface area contributed by atoms with Crippen LogP contribution in [0.1, 0.15) is 5.56 Å². The summed E-state index contributed by atoms with van der Waals surface area (Å²) in [5.74, 6) is 0.955. The zero-order valence-electron chi connectivity index (χ0n) is 9.92. The molecule has 19 heavy (non-hydrogen) atoms. The van der Waals surface area contributed by atoms with Crippen LogP contribution in [0.3, 0.4) is 0 Å². The number of halogens is 1. The Bertz CT molecular complexity index is 723. The second-order valence-corrected chi connectivity index (χ2v) is 4.83. The number of hydrogen-bond donors (Lipinski definition) is 2. The van der Waals surface area contributed by atoms with E-state index in [1.165, 1.54) is 0 Å². The van der Waals surface area contributed by atoms with Crippen molar-refractivity contribution < 1.29 is 0 Å². The minimum absolute atomic E-state index is 0.383. The first kappa shape index (κ1) is 11.9. The zero-order valence-corrected chi connectivity index (χ0v) is 11.5. The van der Waals surface area contributed by atoms with Gasteiger partial charge >= 0.3 is 0 Å². The number of pyridine rings is 1. The van der Waals surface area contributed by atoms with Gasteiger partial charge in [-0.25, -0.2) is 14.5 Å². The summed E-state index contributed by atoms with van der Waals surface area (Å²) in [7, 11) is 0. The maximum absolute atomic E-state index is 5.76. The Morgan fingerprint density at radius 3 is 3.16 bits per heavy atom. The maximum atomic E-state index is 5.76. The van der Waals surface area contributed by atoms with Crippen LogP contribution < -0.4 is 11.1 Å². The summed E-state index contributed by atoms with van der Waals surface area (Å²) >= 11 is 3.27. The SMILES string of the molecule is Nc1ncc(Br)nc1NCc1ccn2nccc2c1. The molecule has 0 aromatic carbocycles. The zero-order chi connectivity index (χ0) is 13.2. The van der Waals surface area contributed by atoms with Crippen LogP contribution in [0.25, 0.3) is 5.52 Å². The van der Waals surface area contributed by atoms with Gasteiger partial charge in [0.2, 0.25) is 0 Å². The third-order valence-electron chi connectivity index (χ3n) is 2.70. The van der Waals surface area contributed by atoms with E-state index in [2.05, 4.69) is 42.4 Å². The molecule has 3 heterocycles. The van der Waals surface area contributed by atoms with Crippen LogP contribution in [0.4, 0.5) is 11.6 Å². The van der Waals surface area contributed by atoms with Crippen molar-refractivity contribution >= 4 is 33.1 Å². The largest absolute Gasteiger partial charge is 0.381 e. The third kappa shape index (κ3) is 2.50. The number of nitrogen functional groups attached to an aromatic ring is 1. The Hall–Kier alpha value is -2.15. The number of rotatable bonds is 3. The fourth-order valence-electron chi connectivity index (χ4n) is 1.77. The minimum atomic E-state index is 0.383. The van der Waals surface area contributed by atoms with Crippen molar-refractivity contribution in [1.82, 2.24) is 19.6 Å². The van der Waals surface area contributed by atoms with Crippen molar-refractivity contribution in [3.63, 3.8) is 0 Å². The summed E-state index contributed by atoms with van der Waals surface area (Å²) in [5, 5.41) is 7.32. The molecule has 3 aromatic heterocycles. The molecule has 0 radical (unpaired) electrons. The van der Waals surface area contributed by atoms with Crippen molar-refractivity contribution in [1.29, 1.82) is 0 Å². The van der Waals surface area contributed by atoms with E-state index in [0.29, 0.717) is 22.8 Å². The Morgan fingerprint density at radius 2 is 2.26 bits per heavy atom. The van der Waals surface area contributed by atoms with E-state index in [9.17, 15) is 0 Å². The molecule has 0 amide bonds. The Balaban J connectivity index is 1.79. The van der Waals surface area contributed by atoms with E-state index >= 15 is 0 Å². The molecule has 0 fully saturated rings. The quantitative estimate of drug-likeness (QED) is 0.772. The second kappa shape index (κ2) is 4.85. The predicted molar refractivity (Wildman–Crippen MR) is 76.7 cm³/mol. The molecule has 0 aliphatic heterocycles. The molecule has 0 bridgehead atoms. The fraction of sp³-hybridized carbons (Fsp3) is 0.0833. The number of nitrogens with one attached hydrogen (secondary N) is 1. The topological polar surface area (TPSA) is 81.1 Å². The summed E-state index contributed by atoms with van der Waals surface area (Å²) in [4.78, 5) is 8.27. The summed E-state index contributed by atoms with van der Waals surface area (Å²) in [5.41, 5.74) is 7.92. The first-order valence-corrected chi connectivity index (χ1v) is 6.46. The van der Waals surface area contributed by atoms with Crippen LogP contribution in [0, 0.1) is 0 Å². The molecule has 0 spiro atoms. The highest BCUT2D eigenvalue weighted by atomic mass is 79.9. The molecule has 0 unspecified atom stereocenters. The molecule has 3 aromatic rings. The average molecular weight is 319 g/mol. The first-order chi connectivity index (χ1) is 9.22. The van der Waals surface area contributed by atoms with Crippen LogP contribution >= 0.6 is 15.9 Å². The molecule has 0 aliphatic rings. The van der Waals surface area contributed by atoms with Gasteiger partial charge in [-0.2, -0.15) is 5.10 Å². The minimum Gasteiger partial charge on any atom is -0.381 e. The molecule has 7 heteroatoms. The second-order valence-electron chi connectivity index (χ2n) is 4.02. The molecule has 0 saturated carbocycles. The van der Waals surface area contributed by atoms with Gasteiger partial charge in [-0.3, -0.25) is 0 Å². The smallest absolute Gasteiger partial charge is 0.170 e. The number of aromatic nitrogens is 4. The van der Waals surface area contributed by atoms with Gasteiger partial charge in [0.25, 0.3) is 0 Å². The lowest BCUT2D eigenvalue weighted by Gasteiger charge is -2.08. The maximum Gasteiger partial charge on any atom is 0.170 e. The number of hydrogen-bond acceptors (Lipinski definition) is 5. The van der Waals surface area contributed by atoms with Crippen LogP contribution in [0.15, 0.2) is 41.4 Å². The Kier molecular flexibility index (Phi) is 3.04. The lowest BCUT2D eigenvalue weighted by molar-refractivity contribution is 0.951. The van der Waals surface area contributed by atoms with E-state index in [0.717, 1.165) is 11.1 Å². The normalized spacial score (nSPS) is 10.8. The highest BCUT2D eigenvalue weighted by molar-refractivity contribution is 9.10. The molecule has 6 nitrogen and oxygen atoms in total. The fourth-order valence-corrected chi connectivity index (χ4v) is 2.05. The van der Waals surface area contributed by atoms with Gasteiger partial charge in [0, 0.05) is 18.9 Å². The van der Waals surface area contributed by atoms with Crippen LogP contribution in [0.5, 0.6) is 0 Å². The van der Waals surface area contributed by atoms with E-state index in [4.69, 9.17) is 5.73 Å². The lowest BCUT2D eigenvalue weighted by atomic mass is 10.2. The van der Waals surface area contributed by atoms with Gasteiger partial charge in [0.05, 0.1) is 11.7 Å². The molecule has 0 atom stereocenters. The molecule has 3 N–H and O–H groups in total. The highest BCUT2D eigenvalue weighted by Gasteiger charge is 2.03. The monoisotopic (exact) mass is 318 g/mol. The van der Waals surface area contributed by atoms with Gasteiger partial charge in [0.15, 0.2) is 11.6 Å². The van der Waals surface area contributed by atoms with Crippen LogP contribution in [0.2, 0.25) is 0 Å². The summed E-state index contributed by atoms with van der Waals surface area (Å²) in [6, 6.07) is 6.01. The third-order valence-corrected chi connectivity index (χ3v) is 3.08.